The molecular formula is C21H31IN4O2S. The number of halogens is 1. The molecule has 0 saturated heterocycles. The van der Waals surface area contributed by atoms with Crippen molar-refractivity contribution < 1.29 is 8.42 Å². The van der Waals surface area contributed by atoms with Crippen molar-refractivity contribution in [3.8, 4) is 0 Å². The number of aliphatic imine (C=N–C) groups is 1. The van der Waals surface area contributed by atoms with E-state index in [1.54, 1.807) is 24.3 Å². The third kappa shape index (κ3) is 8.31. The third-order valence-corrected chi connectivity index (χ3v) is 5.68. The van der Waals surface area contributed by atoms with Gasteiger partial charge < -0.3 is 10.6 Å². The van der Waals surface area contributed by atoms with E-state index in [0.29, 0.717) is 6.54 Å². The van der Waals surface area contributed by atoms with Crippen LogP contribution in [-0.2, 0) is 23.0 Å². The lowest BCUT2D eigenvalue weighted by molar-refractivity contribution is 0.588. The maximum Gasteiger partial charge on any atom is 0.240 e. The normalized spacial score (nSPS) is 11.7. The van der Waals surface area contributed by atoms with Crippen LogP contribution in [0.25, 0.3) is 0 Å². The van der Waals surface area contributed by atoms with Crippen LogP contribution in [-0.4, -0.2) is 34.5 Å². The third-order valence-electron chi connectivity index (χ3n) is 4.25. The fraction of sp³-hybridized carbons (Fsp3) is 0.381. The molecule has 0 fully saturated rings. The van der Waals surface area contributed by atoms with Crippen molar-refractivity contribution in [2.24, 2.45) is 4.99 Å². The lowest BCUT2D eigenvalue weighted by Crippen LogP contribution is -2.38. The Hall–Kier alpha value is -1.65. The summed E-state index contributed by atoms with van der Waals surface area (Å²) in [5, 5.41) is 6.60. The van der Waals surface area contributed by atoms with E-state index in [4.69, 9.17) is 0 Å². The maximum absolute atomic E-state index is 11.8. The number of sulfonamides is 1. The van der Waals surface area contributed by atoms with Gasteiger partial charge in [-0.15, -0.1) is 24.0 Å². The van der Waals surface area contributed by atoms with Crippen LogP contribution in [0, 0.1) is 13.8 Å². The number of aryl methyl sites for hydroxylation is 2. The second-order valence-corrected chi connectivity index (χ2v) is 8.61. The Labute approximate surface area is 191 Å². The van der Waals surface area contributed by atoms with Crippen molar-refractivity contribution in [1.29, 1.82) is 0 Å². The van der Waals surface area contributed by atoms with Crippen LogP contribution < -0.4 is 15.4 Å². The van der Waals surface area contributed by atoms with Gasteiger partial charge in [-0.25, -0.2) is 18.1 Å². The Bertz CT molecular complexity index is 893. The second kappa shape index (κ2) is 12.1. The molecule has 0 spiro atoms. The molecule has 0 saturated carbocycles. The van der Waals surface area contributed by atoms with Gasteiger partial charge in [0.2, 0.25) is 10.0 Å². The van der Waals surface area contributed by atoms with E-state index < -0.39 is 10.0 Å². The zero-order chi connectivity index (χ0) is 20.6. The van der Waals surface area contributed by atoms with Crippen LogP contribution >= 0.6 is 24.0 Å². The molecule has 0 atom stereocenters. The molecule has 160 valence electrons. The molecule has 0 heterocycles. The van der Waals surface area contributed by atoms with Crippen LogP contribution in [0.3, 0.4) is 0 Å². The van der Waals surface area contributed by atoms with Gasteiger partial charge in [-0.3, -0.25) is 0 Å². The van der Waals surface area contributed by atoms with E-state index >= 15 is 0 Å². The molecule has 0 bridgehead atoms. The first-order valence-electron chi connectivity index (χ1n) is 9.46. The predicted molar refractivity (Wildman–Crippen MR) is 131 cm³/mol. The minimum atomic E-state index is -3.41. The lowest BCUT2D eigenvalue weighted by Gasteiger charge is -2.12. The first kappa shape index (κ1) is 25.4. The maximum atomic E-state index is 11.8. The number of hydrogen-bond acceptors (Lipinski definition) is 3. The molecule has 29 heavy (non-hydrogen) atoms. The van der Waals surface area contributed by atoms with Gasteiger partial charge >= 0.3 is 0 Å². The summed E-state index contributed by atoms with van der Waals surface area (Å²) in [4.78, 5) is 4.84. The number of guanidine groups is 1. The highest BCUT2D eigenvalue weighted by atomic mass is 127. The molecule has 8 heteroatoms. The van der Waals surface area contributed by atoms with Gasteiger partial charge in [-0.2, -0.15) is 0 Å². The zero-order valence-electron chi connectivity index (χ0n) is 17.5. The highest BCUT2D eigenvalue weighted by Crippen LogP contribution is 2.11. The molecule has 0 aromatic heterocycles. The molecule has 2 rings (SSSR count). The van der Waals surface area contributed by atoms with Crippen molar-refractivity contribution in [2.45, 2.75) is 38.6 Å². The average molecular weight is 530 g/mol. The molecule has 2 aromatic carbocycles. The summed E-state index contributed by atoms with van der Waals surface area (Å²) in [5.41, 5.74) is 4.81. The fourth-order valence-electron chi connectivity index (χ4n) is 2.94. The van der Waals surface area contributed by atoms with Gasteiger partial charge in [0.25, 0.3) is 0 Å². The van der Waals surface area contributed by atoms with Crippen molar-refractivity contribution in [3.63, 3.8) is 0 Å². The molecule has 3 N–H and O–H groups in total. The van der Waals surface area contributed by atoms with E-state index in [1.807, 2.05) is 6.92 Å². The summed E-state index contributed by atoms with van der Waals surface area (Å²) in [6.45, 7) is 8.28. The molecule has 0 aliphatic heterocycles. The SMILES string of the molecule is CCNC(=NCc1ccc(S(=O)(=O)NC)cc1)NCCc1cc(C)cc(C)c1.I. The Morgan fingerprint density at radius 2 is 1.59 bits per heavy atom. The Morgan fingerprint density at radius 1 is 0.966 bits per heavy atom. The van der Waals surface area contributed by atoms with Crippen LogP contribution in [0.2, 0.25) is 0 Å². The molecule has 0 radical (unpaired) electrons. The Balaban J connectivity index is 0.00000420. The van der Waals surface area contributed by atoms with E-state index in [2.05, 4.69) is 52.4 Å². The number of hydrogen-bond donors (Lipinski definition) is 3. The van der Waals surface area contributed by atoms with Crippen molar-refractivity contribution in [3.05, 3.63) is 64.7 Å². The van der Waals surface area contributed by atoms with E-state index in [0.717, 1.165) is 31.0 Å². The Morgan fingerprint density at radius 3 is 2.14 bits per heavy atom. The monoisotopic (exact) mass is 530 g/mol. The number of rotatable bonds is 8. The first-order chi connectivity index (χ1) is 13.3. The summed E-state index contributed by atoms with van der Waals surface area (Å²) < 4.78 is 25.9. The molecule has 6 nitrogen and oxygen atoms in total. The molecule has 0 aliphatic rings. The first-order valence-corrected chi connectivity index (χ1v) is 10.9. The number of nitrogens with one attached hydrogen (secondary N) is 3. The summed E-state index contributed by atoms with van der Waals surface area (Å²) >= 11 is 0. The van der Waals surface area contributed by atoms with Gasteiger partial charge in [-0.05, 0) is 57.5 Å². The van der Waals surface area contributed by atoms with Gasteiger partial charge in [0.1, 0.15) is 0 Å². The van der Waals surface area contributed by atoms with Gasteiger partial charge in [0.15, 0.2) is 5.96 Å². The van der Waals surface area contributed by atoms with Crippen LogP contribution in [0.1, 0.15) is 29.2 Å². The topological polar surface area (TPSA) is 82.6 Å². The van der Waals surface area contributed by atoms with Gasteiger partial charge in [0.05, 0.1) is 11.4 Å². The highest BCUT2D eigenvalue weighted by Gasteiger charge is 2.10. The Kier molecular flexibility index (Phi) is 10.6. The average Bonchev–Trinajstić information content (AvgIpc) is 2.65. The molecule has 2 aromatic rings. The fourth-order valence-corrected chi connectivity index (χ4v) is 3.67. The number of benzene rings is 2. The van der Waals surface area contributed by atoms with Crippen LogP contribution in [0.15, 0.2) is 52.4 Å². The predicted octanol–water partition coefficient (Wildman–Crippen LogP) is 3.13. The zero-order valence-corrected chi connectivity index (χ0v) is 20.6. The van der Waals surface area contributed by atoms with Crippen LogP contribution in [0.4, 0.5) is 0 Å². The summed E-state index contributed by atoms with van der Waals surface area (Å²) in [7, 11) is -2.01. The summed E-state index contributed by atoms with van der Waals surface area (Å²) in [6.07, 6.45) is 0.920. The summed E-state index contributed by atoms with van der Waals surface area (Å²) in [5.74, 6) is 0.749. The van der Waals surface area contributed by atoms with E-state index in [9.17, 15) is 8.42 Å². The minimum Gasteiger partial charge on any atom is -0.357 e. The second-order valence-electron chi connectivity index (χ2n) is 6.72. The highest BCUT2D eigenvalue weighted by molar-refractivity contribution is 14.0. The number of nitrogens with zero attached hydrogens (tertiary/aromatic N) is 1. The van der Waals surface area contributed by atoms with Crippen LogP contribution in [0.5, 0.6) is 0 Å². The van der Waals surface area contributed by atoms with Gasteiger partial charge in [0, 0.05) is 13.1 Å². The van der Waals surface area contributed by atoms with Gasteiger partial charge in [-0.1, -0.05) is 41.5 Å². The van der Waals surface area contributed by atoms with Crippen molar-refractivity contribution in [2.75, 3.05) is 20.1 Å². The standard InChI is InChI=1S/C21H30N4O2S.HI/c1-5-23-21(24-11-10-19-13-16(2)12-17(3)14-19)25-15-18-6-8-20(9-7-18)28(26,27)22-4;/h6-9,12-14,22H,5,10-11,15H2,1-4H3,(H2,23,24,25);1H. The largest absolute Gasteiger partial charge is 0.357 e. The van der Waals surface area contributed by atoms with Crippen molar-refractivity contribution >= 4 is 40.0 Å². The quantitative estimate of drug-likeness (QED) is 0.278. The molecule has 0 amide bonds. The lowest BCUT2D eigenvalue weighted by atomic mass is 10.1. The minimum absolute atomic E-state index is 0. The molecule has 0 aliphatic carbocycles. The molecule has 0 unspecified atom stereocenters. The smallest absolute Gasteiger partial charge is 0.240 e. The van der Waals surface area contributed by atoms with E-state index in [-0.39, 0.29) is 28.9 Å². The van der Waals surface area contributed by atoms with E-state index in [1.165, 1.54) is 23.7 Å². The summed E-state index contributed by atoms with van der Waals surface area (Å²) in [6, 6.07) is 13.3. The van der Waals surface area contributed by atoms with Crippen molar-refractivity contribution in [1.82, 2.24) is 15.4 Å². The molecular weight excluding hydrogens is 499 g/mol.